The van der Waals surface area contributed by atoms with Crippen molar-refractivity contribution < 1.29 is 14.6 Å². The van der Waals surface area contributed by atoms with Crippen molar-refractivity contribution in [2.45, 2.75) is 31.6 Å². The molecule has 0 saturated carbocycles. The van der Waals surface area contributed by atoms with Gasteiger partial charge in [-0.1, -0.05) is 25.5 Å². The summed E-state index contributed by atoms with van der Waals surface area (Å²) < 4.78 is 10.8. The Morgan fingerprint density at radius 1 is 1.32 bits per heavy atom. The molecule has 0 spiro atoms. The van der Waals surface area contributed by atoms with Crippen LogP contribution in [-0.4, -0.2) is 56.6 Å². The number of hydrogen-bond donors (Lipinski definition) is 1. The molecule has 1 heterocycles. The summed E-state index contributed by atoms with van der Waals surface area (Å²) in [5.74, 6) is 0.942. The van der Waals surface area contributed by atoms with Crippen LogP contribution >= 0.6 is 0 Å². The van der Waals surface area contributed by atoms with E-state index in [4.69, 9.17) is 14.6 Å². The van der Waals surface area contributed by atoms with Crippen LogP contribution in [0.25, 0.3) is 0 Å². The number of aliphatic hydroxyl groups is 1. The topological polar surface area (TPSA) is 41.9 Å². The first kappa shape index (κ1) is 17.3. The summed E-state index contributed by atoms with van der Waals surface area (Å²) >= 11 is 0. The maximum Gasteiger partial charge on any atom is 0.119 e. The molecule has 1 saturated heterocycles. The van der Waals surface area contributed by atoms with Crippen molar-refractivity contribution in [2.75, 3.05) is 46.6 Å². The number of rotatable bonds is 9. The van der Waals surface area contributed by atoms with Gasteiger partial charge in [-0.05, 0) is 37.1 Å². The molecule has 1 N–H and O–H groups in total. The van der Waals surface area contributed by atoms with Crippen LogP contribution in [-0.2, 0) is 10.2 Å². The second-order valence-electron chi connectivity index (χ2n) is 6.12. The van der Waals surface area contributed by atoms with Gasteiger partial charge in [0.2, 0.25) is 0 Å². The number of benzene rings is 1. The van der Waals surface area contributed by atoms with Crippen LogP contribution in [0.4, 0.5) is 0 Å². The molecular formula is C18H29NO3. The van der Waals surface area contributed by atoms with Gasteiger partial charge in [0.25, 0.3) is 0 Å². The Kier molecular flexibility index (Phi) is 6.68. The standard InChI is InChI=1S/C18H29NO3/c1-3-7-18(16-5-4-6-17(14-16)21-2)8-9-19(15-18)10-12-22-13-11-20/h4-6,14,20H,3,7-13,15H2,1-2H3. The van der Waals surface area contributed by atoms with Crippen LogP contribution in [0.3, 0.4) is 0 Å². The molecule has 1 aliphatic rings. The molecule has 1 unspecified atom stereocenters. The number of aliphatic hydroxyl groups excluding tert-OH is 1. The molecular weight excluding hydrogens is 278 g/mol. The average molecular weight is 307 g/mol. The molecule has 1 atom stereocenters. The van der Waals surface area contributed by atoms with Crippen LogP contribution in [0.2, 0.25) is 0 Å². The van der Waals surface area contributed by atoms with Crippen molar-refractivity contribution in [1.82, 2.24) is 4.90 Å². The van der Waals surface area contributed by atoms with Crippen molar-refractivity contribution in [3.63, 3.8) is 0 Å². The second-order valence-corrected chi connectivity index (χ2v) is 6.12. The maximum absolute atomic E-state index is 8.76. The highest BCUT2D eigenvalue weighted by molar-refractivity contribution is 5.35. The van der Waals surface area contributed by atoms with Gasteiger partial charge in [0.15, 0.2) is 0 Å². The molecule has 0 radical (unpaired) electrons. The fourth-order valence-corrected chi connectivity index (χ4v) is 3.52. The molecule has 2 rings (SSSR count). The molecule has 4 heteroatoms. The number of likely N-dealkylation sites (tertiary alicyclic amines) is 1. The lowest BCUT2D eigenvalue weighted by Gasteiger charge is -2.30. The molecule has 4 nitrogen and oxygen atoms in total. The van der Waals surface area contributed by atoms with Crippen LogP contribution in [0.15, 0.2) is 24.3 Å². The minimum absolute atomic E-state index is 0.101. The van der Waals surface area contributed by atoms with Crippen LogP contribution in [0.5, 0.6) is 5.75 Å². The Morgan fingerprint density at radius 3 is 2.91 bits per heavy atom. The summed E-state index contributed by atoms with van der Waals surface area (Å²) in [6, 6.07) is 8.54. The summed E-state index contributed by atoms with van der Waals surface area (Å²) in [7, 11) is 1.73. The molecule has 22 heavy (non-hydrogen) atoms. The zero-order chi connectivity index (χ0) is 15.8. The highest BCUT2D eigenvalue weighted by atomic mass is 16.5. The average Bonchev–Trinajstić information content (AvgIpc) is 2.96. The zero-order valence-corrected chi connectivity index (χ0v) is 13.9. The first-order valence-corrected chi connectivity index (χ1v) is 8.29. The van der Waals surface area contributed by atoms with E-state index in [1.165, 1.54) is 24.8 Å². The third kappa shape index (κ3) is 4.22. The van der Waals surface area contributed by atoms with E-state index < -0.39 is 0 Å². The fraction of sp³-hybridized carbons (Fsp3) is 0.667. The first-order chi connectivity index (χ1) is 10.7. The van der Waals surface area contributed by atoms with E-state index in [1.54, 1.807) is 7.11 Å². The maximum atomic E-state index is 8.76. The normalized spacial score (nSPS) is 22.1. The Bertz CT molecular complexity index is 452. The lowest BCUT2D eigenvalue weighted by Crippen LogP contribution is -2.32. The molecule has 0 bridgehead atoms. The number of methoxy groups -OCH3 is 1. The monoisotopic (exact) mass is 307 g/mol. The minimum Gasteiger partial charge on any atom is -0.497 e. The predicted octanol–water partition coefficient (Wildman–Crippen LogP) is 2.45. The van der Waals surface area contributed by atoms with Crippen molar-refractivity contribution in [3.8, 4) is 5.75 Å². The van der Waals surface area contributed by atoms with Gasteiger partial charge in [-0.2, -0.15) is 0 Å². The Hall–Kier alpha value is -1.10. The van der Waals surface area contributed by atoms with Crippen molar-refractivity contribution >= 4 is 0 Å². The highest BCUT2D eigenvalue weighted by Gasteiger charge is 2.38. The molecule has 1 aliphatic heterocycles. The largest absolute Gasteiger partial charge is 0.497 e. The first-order valence-electron chi connectivity index (χ1n) is 8.29. The molecule has 0 amide bonds. The lowest BCUT2D eigenvalue weighted by molar-refractivity contribution is 0.0769. The van der Waals surface area contributed by atoms with Crippen molar-refractivity contribution in [1.29, 1.82) is 0 Å². The Labute approximate surface area is 134 Å². The van der Waals surface area contributed by atoms with Crippen molar-refractivity contribution in [3.05, 3.63) is 29.8 Å². The summed E-state index contributed by atoms with van der Waals surface area (Å²) in [6.45, 7) is 6.62. The molecule has 0 aliphatic carbocycles. The Balaban J connectivity index is 2.03. The van der Waals surface area contributed by atoms with Gasteiger partial charge >= 0.3 is 0 Å². The lowest BCUT2D eigenvalue weighted by atomic mass is 9.76. The van der Waals surface area contributed by atoms with Crippen LogP contribution in [0, 0.1) is 0 Å². The SMILES string of the molecule is CCCC1(c2cccc(OC)c2)CCN(CCOCCO)C1. The van der Waals surface area contributed by atoms with E-state index in [0.29, 0.717) is 13.2 Å². The fourth-order valence-electron chi connectivity index (χ4n) is 3.52. The van der Waals surface area contributed by atoms with E-state index in [2.05, 4.69) is 30.0 Å². The van der Waals surface area contributed by atoms with Crippen molar-refractivity contribution in [2.24, 2.45) is 0 Å². The molecule has 1 aromatic rings. The quantitative estimate of drug-likeness (QED) is 0.712. The summed E-state index contributed by atoms with van der Waals surface area (Å²) in [4.78, 5) is 2.48. The number of nitrogens with zero attached hydrogens (tertiary/aromatic N) is 1. The second kappa shape index (κ2) is 8.51. The summed E-state index contributed by atoms with van der Waals surface area (Å²) in [5, 5.41) is 8.76. The van der Waals surface area contributed by atoms with E-state index in [0.717, 1.165) is 25.4 Å². The van der Waals surface area contributed by atoms with Gasteiger partial charge in [0.1, 0.15) is 5.75 Å². The zero-order valence-electron chi connectivity index (χ0n) is 13.9. The van der Waals surface area contributed by atoms with Crippen LogP contribution in [0.1, 0.15) is 31.7 Å². The summed E-state index contributed by atoms with van der Waals surface area (Å²) in [5.41, 5.74) is 1.63. The minimum atomic E-state index is 0.101. The molecule has 124 valence electrons. The summed E-state index contributed by atoms with van der Waals surface area (Å²) in [6.07, 6.45) is 3.58. The van der Waals surface area contributed by atoms with Gasteiger partial charge in [0, 0.05) is 18.5 Å². The molecule has 0 aromatic heterocycles. The molecule has 1 aromatic carbocycles. The predicted molar refractivity (Wildman–Crippen MR) is 88.5 cm³/mol. The van der Waals surface area contributed by atoms with Gasteiger partial charge in [-0.25, -0.2) is 0 Å². The highest BCUT2D eigenvalue weighted by Crippen LogP contribution is 2.39. The molecule has 1 fully saturated rings. The third-order valence-electron chi connectivity index (χ3n) is 4.63. The van der Waals surface area contributed by atoms with E-state index >= 15 is 0 Å². The van der Waals surface area contributed by atoms with E-state index in [-0.39, 0.29) is 12.0 Å². The van der Waals surface area contributed by atoms with E-state index in [1.807, 2.05) is 6.07 Å². The van der Waals surface area contributed by atoms with Gasteiger partial charge in [0.05, 0.1) is 26.9 Å². The van der Waals surface area contributed by atoms with Gasteiger partial charge in [-0.15, -0.1) is 0 Å². The van der Waals surface area contributed by atoms with Gasteiger partial charge in [-0.3, -0.25) is 0 Å². The van der Waals surface area contributed by atoms with Gasteiger partial charge < -0.3 is 19.5 Å². The number of ether oxygens (including phenoxy) is 2. The van der Waals surface area contributed by atoms with E-state index in [9.17, 15) is 0 Å². The van der Waals surface area contributed by atoms with Crippen LogP contribution < -0.4 is 4.74 Å². The third-order valence-corrected chi connectivity index (χ3v) is 4.63. The Morgan fingerprint density at radius 2 is 2.18 bits per heavy atom. The number of hydrogen-bond acceptors (Lipinski definition) is 4. The smallest absolute Gasteiger partial charge is 0.119 e.